The highest BCUT2D eigenvalue weighted by Crippen LogP contribution is 2.27. The molecular weight excluding hydrogens is 314 g/mol. The molecule has 0 aromatic heterocycles. The molecule has 0 atom stereocenters. The molecule has 2 aromatic carbocycles. The van der Waals surface area contributed by atoms with Crippen molar-refractivity contribution in [1.82, 2.24) is 4.72 Å². The summed E-state index contributed by atoms with van der Waals surface area (Å²) in [5.74, 6) is 1.17. The molecule has 0 fully saturated rings. The zero-order chi connectivity index (χ0) is 17.0. The van der Waals surface area contributed by atoms with Crippen LogP contribution in [0.4, 0.5) is 0 Å². The lowest BCUT2D eigenvalue weighted by atomic mass is 10.2. The molecule has 0 saturated heterocycles. The number of methoxy groups -OCH3 is 2. The predicted octanol–water partition coefficient (Wildman–Crippen LogP) is 2.80. The summed E-state index contributed by atoms with van der Waals surface area (Å²) >= 11 is 0. The summed E-state index contributed by atoms with van der Waals surface area (Å²) in [5.41, 5.74) is 2.54. The molecule has 5 nitrogen and oxygen atoms in total. The van der Waals surface area contributed by atoms with Gasteiger partial charge in [-0.15, -0.1) is 0 Å². The van der Waals surface area contributed by atoms with Crippen molar-refractivity contribution >= 4 is 10.0 Å². The van der Waals surface area contributed by atoms with Crippen LogP contribution in [0.5, 0.6) is 11.5 Å². The van der Waals surface area contributed by atoms with E-state index < -0.39 is 10.0 Å². The van der Waals surface area contributed by atoms with Crippen LogP contribution in [0.2, 0.25) is 0 Å². The third-order valence-corrected chi connectivity index (χ3v) is 5.10. The van der Waals surface area contributed by atoms with Crippen molar-refractivity contribution < 1.29 is 17.9 Å². The van der Waals surface area contributed by atoms with Gasteiger partial charge in [-0.1, -0.05) is 23.8 Å². The third kappa shape index (κ3) is 4.03. The molecule has 0 aliphatic rings. The first-order valence-corrected chi connectivity index (χ1v) is 8.63. The van der Waals surface area contributed by atoms with Gasteiger partial charge in [0.1, 0.15) is 0 Å². The average Bonchev–Trinajstić information content (AvgIpc) is 2.52. The van der Waals surface area contributed by atoms with Gasteiger partial charge in [0, 0.05) is 6.54 Å². The normalized spacial score (nSPS) is 11.3. The molecule has 2 rings (SSSR count). The minimum atomic E-state index is -3.56. The van der Waals surface area contributed by atoms with E-state index in [0.29, 0.717) is 16.4 Å². The summed E-state index contributed by atoms with van der Waals surface area (Å²) in [7, 11) is -0.464. The summed E-state index contributed by atoms with van der Waals surface area (Å²) in [4.78, 5) is 0.295. The van der Waals surface area contributed by atoms with E-state index in [-0.39, 0.29) is 6.54 Å². The highest BCUT2D eigenvalue weighted by atomic mass is 32.2. The summed E-state index contributed by atoms with van der Waals surface area (Å²) in [6, 6.07) is 10.6. The van der Waals surface area contributed by atoms with Crippen LogP contribution < -0.4 is 14.2 Å². The SMILES string of the molecule is COc1ccc(CNS(=O)(=O)c2ccc(C)cc2C)cc1OC. The first kappa shape index (κ1) is 17.3. The molecule has 23 heavy (non-hydrogen) atoms. The van der Waals surface area contributed by atoms with Crippen LogP contribution in [-0.2, 0) is 16.6 Å². The molecule has 0 amide bonds. The molecule has 2 aromatic rings. The van der Waals surface area contributed by atoms with Crippen LogP contribution in [0.3, 0.4) is 0 Å². The van der Waals surface area contributed by atoms with Crippen LogP contribution in [0.25, 0.3) is 0 Å². The Labute approximate surface area is 137 Å². The van der Waals surface area contributed by atoms with Gasteiger partial charge in [0.15, 0.2) is 11.5 Å². The summed E-state index contributed by atoms with van der Waals surface area (Å²) in [6.07, 6.45) is 0. The maximum absolute atomic E-state index is 12.4. The average molecular weight is 335 g/mol. The van der Waals surface area contributed by atoms with Gasteiger partial charge in [-0.3, -0.25) is 0 Å². The minimum absolute atomic E-state index is 0.177. The van der Waals surface area contributed by atoms with Crippen LogP contribution in [-0.4, -0.2) is 22.6 Å². The third-order valence-electron chi connectivity index (χ3n) is 3.53. The number of hydrogen-bond donors (Lipinski definition) is 1. The maximum Gasteiger partial charge on any atom is 0.241 e. The lowest BCUT2D eigenvalue weighted by molar-refractivity contribution is 0.354. The zero-order valence-electron chi connectivity index (χ0n) is 13.7. The number of benzene rings is 2. The van der Waals surface area contributed by atoms with E-state index in [0.717, 1.165) is 16.7 Å². The Morgan fingerprint density at radius 3 is 2.26 bits per heavy atom. The lowest BCUT2D eigenvalue weighted by Gasteiger charge is -2.12. The number of hydrogen-bond acceptors (Lipinski definition) is 4. The maximum atomic E-state index is 12.4. The van der Waals surface area contributed by atoms with Crippen LogP contribution in [0, 0.1) is 13.8 Å². The molecule has 0 aliphatic heterocycles. The standard InChI is InChI=1S/C17H21NO4S/c1-12-5-8-17(13(2)9-12)23(19,20)18-11-14-6-7-15(21-3)16(10-14)22-4/h5-10,18H,11H2,1-4H3. The smallest absolute Gasteiger partial charge is 0.241 e. The van der Waals surface area contributed by atoms with Gasteiger partial charge < -0.3 is 9.47 Å². The van der Waals surface area contributed by atoms with Gasteiger partial charge in [-0.2, -0.15) is 0 Å². The van der Waals surface area contributed by atoms with Crippen molar-refractivity contribution in [1.29, 1.82) is 0 Å². The Balaban J connectivity index is 2.19. The quantitative estimate of drug-likeness (QED) is 0.882. The van der Waals surface area contributed by atoms with Crippen LogP contribution in [0.15, 0.2) is 41.3 Å². The van der Waals surface area contributed by atoms with E-state index >= 15 is 0 Å². The molecule has 0 saturated carbocycles. The Kier molecular flexibility index (Phi) is 5.28. The van der Waals surface area contributed by atoms with Crippen molar-refractivity contribution in [3.05, 3.63) is 53.1 Å². The topological polar surface area (TPSA) is 64.6 Å². The number of sulfonamides is 1. The minimum Gasteiger partial charge on any atom is -0.493 e. The van der Waals surface area contributed by atoms with E-state index in [4.69, 9.17) is 9.47 Å². The van der Waals surface area contributed by atoms with E-state index in [1.54, 1.807) is 51.5 Å². The zero-order valence-corrected chi connectivity index (χ0v) is 14.5. The Hall–Kier alpha value is -2.05. The molecule has 1 N–H and O–H groups in total. The second-order valence-corrected chi connectivity index (χ2v) is 7.02. The highest BCUT2D eigenvalue weighted by molar-refractivity contribution is 7.89. The number of nitrogens with one attached hydrogen (secondary N) is 1. The lowest BCUT2D eigenvalue weighted by Crippen LogP contribution is -2.24. The Morgan fingerprint density at radius 2 is 1.65 bits per heavy atom. The Bertz CT molecular complexity index is 800. The second-order valence-electron chi connectivity index (χ2n) is 5.28. The fraction of sp³-hybridized carbons (Fsp3) is 0.294. The molecule has 0 spiro atoms. The highest BCUT2D eigenvalue weighted by Gasteiger charge is 2.16. The van der Waals surface area contributed by atoms with Gasteiger partial charge in [0.05, 0.1) is 19.1 Å². The predicted molar refractivity (Wildman–Crippen MR) is 89.5 cm³/mol. The summed E-state index contributed by atoms with van der Waals surface area (Å²) in [5, 5.41) is 0. The van der Waals surface area contributed by atoms with Crippen LogP contribution >= 0.6 is 0 Å². The summed E-state index contributed by atoms with van der Waals surface area (Å²) in [6.45, 7) is 3.90. The fourth-order valence-corrected chi connectivity index (χ4v) is 3.59. The van der Waals surface area contributed by atoms with Gasteiger partial charge in [0.25, 0.3) is 0 Å². The number of aryl methyl sites for hydroxylation is 2. The van der Waals surface area contributed by atoms with Gasteiger partial charge in [-0.25, -0.2) is 13.1 Å². The van der Waals surface area contributed by atoms with E-state index in [9.17, 15) is 8.42 Å². The summed E-state index contributed by atoms with van der Waals surface area (Å²) < 4.78 is 37.9. The molecular formula is C17H21NO4S. The molecule has 124 valence electrons. The van der Waals surface area contributed by atoms with Crippen LogP contribution in [0.1, 0.15) is 16.7 Å². The Morgan fingerprint density at radius 1 is 0.957 bits per heavy atom. The molecule has 0 radical (unpaired) electrons. The van der Waals surface area contributed by atoms with Crippen molar-refractivity contribution in [2.45, 2.75) is 25.3 Å². The molecule has 0 heterocycles. The first-order chi connectivity index (χ1) is 10.9. The molecule has 6 heteroatoms. The van der Waals surface area contributed by atoms with Crippen molar-refractivity contribution in [2.75, 3.05) is 14.2 Å². The number of ether oxygens (including phenoxy) is 2. The van der Waals surface area contributed by atoms with E-state index in [1.165, 1.54) is 0 Å². The van der Waals surface area contributed by atoms with Crippen molar-refractivity contribution in [3.8, 4) is 11.5 Å². The van der Waals surface area contributed by atoms with E-state index in [2.05, 4.69) is 4.72 Å². The van der Waals surface area contributed by atoms with Gasteiger partial charge in [0.2, 0.25) is 10.0 Å². The van der Waals surface area contributed by atoms with Gasteiger partial charge >= 0.3 is 0 Å². The second kappa shape index (κ2) is 7.02. The largest absolute Gasteiger partial charge is 0.493 e. The van der Waals surface area contributed by atoms with Crippen molar-refractivity contribution in [2.24, 2.45) is 0 Å². The fourth-order valence-electron chi connectivity index (χ4n) is 2.35. The molecule has 0 unspecified atom stereocenters. The number of rotatable bonds is 6. The molecule has 0 bridgehead atoms. The molecule has 0 aliphatic carbocycles. The first-order valence-electron chi connectivity index (χ1n) is 7.15. The van der Waals surface area contributed by atoms with Gasteiger partial charge in [-0.05, 0) is 43.2 Å². The van der Waals surface area contributed by atoms with E-state index in [1.807, 2.05) is 13.0 Å². The monoisotopic (exact) mass is 335 g/mol. The van der Waals surface area contributed by atoms with Crippen molar-refractivity contribution in [3.63, 3.8) is 0 Å².